The van der Waals surface area contributed by atoms with Crippen molar-refractivity contribution in [1.82, 2.24) is 4.90 Å². The van der Waals surface area contributed by atoms with Gasteiger partial charge < -0.3 is 5.11 Å². The molecule has 0 aromatic carbocycles. The second-order valence-electron chi connectivity index (χ2n) is 2.67. The third kappa shape index (κ3) is 2.10. The van der Waals surface area contributed by atoms with Gasteiger partial charge in [0.1, 0.15) is 6.04 Å². The van der Waals surface area contributed by atoms with Gasteiger partial charge in [0.2, 0.25) is 0 Å². The lowest BCUT2D eigenvalue weighted by molar-refractivity contribution is -0.141. The average molecular weight is 175 g/mol. The summed E-state index contributed by atoms with van der Waals surface area (Å²) in [6.07, 6.45) is 1.03. The predicted octanol–water partition coefficient (Wildman–Crippen LogP) is 0.856. The fraction of sp³-hybridized carbons (Fsp3) is 0.857. The van der Waals surface area contributed by atoms with Crippen molar-refractivity contribution >= 4 is 17.7 Å². The van der Waals surface area contributed by atoms with Crippen LogP contribution in [0, 0.1) is 0 Å². The van der Waals surface area contributed by atoms with Crippen LogP contribution in [0.1, 0.15) is 13.3 Å². The van der Waals surface area contributed by atoms with Gasteiger partial charge in [0.25, 0.3) is 0 Å². The van der Waals surface area contributed by atoms with Gasteiger partial charge in [-0.2, -0.15) is 0 Å². The molecule has 1 aliphatic rings. The Balaban J connectivity index is 2.44. The summed E-state index contributed by atoms with van der Waals surface area (Å²) in [5, 5.41) is 8.76. The zero-order chi connectivity index (χ0) is 8.27. The second kappa shape index (κ2) is 3.97. The molecule has 1 fully saturated rings. The van der Waals surface area contributed by atoms with Gasteiger partial charge in [-0.3, -0.25) is 9.69 Å². The summed E-state index contributed by atoms with van der Waals surface area (Å²) >= 11 is 1.70. The van der Waals surface area contributed by atoms with Crippen LogP contribution in [0.3, 0.4) is 0 Å². The lowest BCUT2D eigenvalue weighted by Gasteiger charge is -2.18. The molecule has 0 bridgehead atoms. The van der Waals surface area contributed by atoms with Crippen LogP contribution in [-0.4, -0.2) is 40.2 Å². The van der Waals surface area contributed by atoms with Crippen molar-refractivity contribution in [2.45, 2.75) is 19.4 Å². The summed E-state index contributed by atoms with van der Waals surface area (Å²) in [6.45, 7) is 2.98. The van der Waals surface area contributed by atoms with Crippen LogP contribution >= 0.6 is 11.8 Å². The standard InChI is InChI=1S/C7H13NO2S/c1-2-3-8-5-11-4-6(8)7(9)10/h6H,2-5H2,1H3,(H,9,10). The van der Waals surface area contributed by atoms with E-state index in [4.69, 9.17) is 5.11 Å². The van der Waals surface area contributed by atoms with Gasteiger partial charge in [-0.25, -0.2) is 0 Å². The van der Waals surface area contributed by atoms with Gasteiger partial charge in [0.05, 0.1) is 0 Å². The number of hydrogen-bond donors (Lipinski definition) is 1. The largest absolute Gasteiger partial charge is 0.480 e. The number of aliphatic carboxylic acids is 1. The number of carbonyl (C=O) groups is 1. The Morgan fingerprint density at radius 1 is 1.82 bits per heavy atom. The third-order valence-corrected chi connectivity index (χ3v) is 2.84. The summed E-state index contributed by atoms with van der Waals surface area (Å²) in [5.74, 6) is 0.948. The van der Waals surface area contributed by atoms with Crippen molar-refractivity contribution in [2.75, 3.05) is 18.2 Å². The number of carboxylic acid groups (broad SMARTS) is 1. The minimum atomic E-state index is -0.677. The van der Waals surface area contributed by atoms with E-state index in [1.165, 1.54) is 0 Å². The highest BCUT2D eigenvalue weighted by Gasteiger charge is 2.29. The van der Waals surface area contributed by atoms with Gasteiger partial charge in [-0.1, -0.05) is 6.92 Å². The van der Waals surface area contributed by atoms with Crippen LogP contribution in [0.4, 0.5) is 0 Å². The fourth-order valence-corrected chi connectivity index (χ4v) is 2.44. The minimum absolute atomic E-state index is 0.236. The van der Waals surface area contributed by atoms with E-state index in [1.54, 1.807) is 11.8 Å². The van der Waals surface area contributed by atoms with E-state index in [-0.39, 0.29) is 6.04 Å². The topological polar surface area (TPSA) is 40.5 Å². The maximum Gasteiger partial charge on any atom is 0.321 e. The molecule has 0 amide bonds. The van der Waals surface area contributed by atoms with Crippen molar-refractivity contribution in [2.24, 2.45) is 0 Å². The van der Waals surface area contributed by atoms with Crippen LogP contribution < -0.4 is 0 Å². The molecular formula is C7H13NO2S. The molecule has 1 heterocycles. The second-order valence-corrected chi connectivity index (χ2v) is 3.67. The molecule has 1 rings (SSSR count). The third-order valence-electron chi connectivity index (χ3n) is 1.77. The number of thioether (sulfide) groups is 1. The van der Waals surface area contributed by atoms with Crippen molar-refractivity contribution in [3.8, 4) is 0 Å². The van der Waals surface area contributed by atoms with Crippen molar-refractivity contribution < 1.29 is 9.90 Å². The summed E-state index contributed by atoms with van der Waals surface area (Å²) < 4.78 is 0. The van der Waals surface area contributed by atoms with Crippen LogP contribution in [-0.2, 0) is 4.79 Å². The number of carboxylic acids is 1. The highest BCUT2D eigenvalue weighted by Crippen LogP contribution is 2.20. The first kappa shape index (κ1) is 8.87. The van der Waals surface area contributed by atoms with E-state index in [1.807, 2.05) is 4.90 Å². The Hall–Kier alpha value is -0.220. The van der Waals surface area contributed by atoms with Gasteiger partial charge >= 0.3 is 5.97 Å². The van der Waals surface area contributed by atoms with Crippen LogP contribution in [0.15, 0.2) is 0 Å². The Kier molecular flexibility index (Phi) is 3.20. The molecule has 0 aliphatic carbocycles. The molecule has 3 nitrogen and oxygen atoms in total. The molecule has 1 atom stereocenters. The van der Waals surface area contributed by atoms with Gasteiger partial charge in [0, 0.05) is 11.6 Å². The smallest absolute Gasteiger partial charge is 0.321 e. The van der Waals surface area contributed by atoms with E-state index in [0.717, 1.165) is 24.6 Å². The van der Waals surface area contributed by atoms with Crippen LogP contribution in [0.2, 0.25) is 0 Å². The Bertz CT molecular complexity index is 151. The zero-order valence-corrected chi connectivity index (χ0v) is 7.43. The Morgan fingerprint density at radius 2 is 2.55 bits per heavy atom. The molecule has 1 saturated heterocycles. The Morgan fingerprint density at radius 3 is 3.09 bits per heavy atom. The minimum Gasteiger partial charge on any atom is -0.480 e. The Labute approximate surface area is 70.8 Å². The molecular weight excluding hydrogens is 162 g/mol. The fourth-order valence-electron chi connectivity index (χ4n) is 1.21. The van der Waals surface area contributed by atoms with Gasteiger partial charge in [0.15, 0.2) is 0 Å². The van der Waals surface area contributed by atoms with Crippen molar-refractivity contribution in [3.05, 3.63) is 0 Å². The van der Waals surface area contributed by atoms with Crippen LogP contribution in [0.25, 0.3) is 0 Å². The van der Waals surface area contributed by atoms with Crippen molar-refractivity contribution in [1.29, 1.82) is 0 Å². The first-order valence-electron chi connectivity index (χ1n) is 3.80. The molecule has 0 spiro atoms. The van der Waals surface area contributed by atoms with Crippen molar-refractivity contribution in [3.63, 3.8) is 0 Å². The summed E-state index contributed by atoms with van der Waals surface area (Å²) in [5.41, 5.74) is 0. The number of nitrogens with zero attached hydrogens (tertiary/aromatic N) is 1. The molecule has 11 heavy (non-hydrogen) atoms. The van der Waals surface area contributed by atoms with E-state index in [9.17, 15) is 4.79 Å². The predicted molar refractivity (Wildman–Crippen MR) is 45.7 cm³/mol. The molecule has 64 valence electrons. The highest BCUT2D eigenvalue weighted by atomic mass is 32.2. The van der Waals surface area contributed by atoms with Gasteiger partial charge in [-0.15, -0.1) is 11.8 Å². The maximum absolute atomic E-state index is 10.6. The summed E-state index contributed by atoms with van der Waals surface area (Å²) in [4.78, 5) is 12.7. The molecule has 0 saturated carbocycles. The number of hydrogen-bond acceptors (Lipinski definition) is 3. The zero-order valence-electron chi connectivity index (χ0n) is 6.62. The lowest BCUT2D eigenvalue weighted by Crippen LogP contribution is -2.37. The molecule has 4 heteroatoms. The van der Waals surface area contributed by atoms with E-state index in [0.29, 0.717) is 0 Å². The molecule has 0 radical (unpaired) electrons. The summed E-state index contributed by atoms with van der Waals surface area (Å²) in [6, 6.07) is -0.236. The molecule has 0 aromatic heterocycles. The molecule has 1 unspecified atom stereocenters. The monoisotopic (exact) mass is 175 g/mol. The molecule has 1 aliphatic heterocycles. The van der Waals surface area contributed by atoms with E-state index in [2.05, 4.69) is 6.92 Å². The number of rotatable bonds is 3. The van der Waals surface area contributed by atoms with Gasteiger partial charge in [-0.05, 0) is 13.0 Å². The SMILES string of the molecule is CCCN1CSCC1C(=O)O. The normalized spacial score (nSPS) is 25.7. The van der Waals surface area contributed by atoms with Crippen LogP contribution in [0.5, 0.6) is 0 Å². The highest BCUT2D eigenvalue weighted by molar-refractivity contribution is 7.99. The molecule has 1 N–H and O–H groups in total. The maximum atomic E-state index is 10.6. The lowest BCUT2D eigenvalue weighted by atomic mass is 10.3. The first-order chi connectivity index (χ1) is 5.25. The average Bonchev–Trinajstić information content (AvgIpc) is 2.36. The van der Waals surface area contributed by atoms with E-state index >= 15 is 0 Å². The van der Waals surface area contributed by atoms with E-state index < -0.39 is 5.97 Å². The summed E-state index contributed by atoms with van der Waals surface area (Å²) in [7, 11) is 0. The quantitative estimate of drug-likeness (QED) is 0.690. The molecule has 0 aromatic rings. The first-order valence-corrected chi connectivity index (χ1v) is 4.95.